The van der Waals surface area contributed by atoms with Crippen LogP contribution < -0.4 is 11.1 Å². The average molecular weight is 317 g/mol. The van der Waals surface area contributed by atoms with Gasteiger partial charge in [0.1, 0.15) is 0 Å². The van der Waals surface area contributed by atoms with Crippen molar-refractivity contribution in [3.63, 3.8) is 0 Å². The van der Waals surface area contributed by atoms with Crippen LogP contribution >= 0.6 is 24.0 Å². The van der Waals surface area contributed by atoms with Crippen LogP contribution in [0.2, 0.25) is 5.02 Å². The molecule has 0 bridgehead atoms. The summed E-state index contributed by atoms with van der Waals surface area (Å²) in [4.78, 5) is 12.1. The van der Waals surface area contributed by atoms with Crippen LogP contribution in [0.3, 0.4) is 0 Å². The molecule has 20 heavy (non-hydrogen) atoms. The largest absolute Gasteiger partial charge is 0.356 e. The van der Waals surface area contributed by atoms with E-state index in [0.29, 0.717) is 19.0 Å². The monoisotopic (exact) mass is 316 g/mol. The van der Waals surface area contributed by atoms with Crippen molar-refractivity contribution < 1.29 is 4.79 Å². The fourth-order valence-corrected chi connectivity index (χ4v) is 3.05. The molecule has 0 aliphatic heterocycles. The first kappa shape index (κ1) is 17.3. The Morgan fingerprint density at radius 1 is 1.35 bits per heavy atom. The molecule has 1 aliphatic rings. The van der Waals surface area contributed by atoms with Crippen LogP contribution in [0, 0.1) is 11.8 Å². The maximum atomic E-state index is 12.1. The Bertz CT molecular complexity index is 440. The molecule has 3 N–H and O–H groups in total. The van der Waals surface area contributed by atoms with Gasteiger partial charge >= 0.3 is 0 Å². The first-order valence-corrected chi connectivity index (χ1v) is 7.31. The molecule has 0 saturated heterocycles. The van der Waals surface area contributed by atoms with Gasteiger partial charge < -0.3 is 11.1 Å². The molecule has 5 heteroatoms. The van der Waals surface area contributed by atoms with Gasteiger partial charge in [-0.25, -0.2) is 0 Å². The normalized spacial score (nSPS) is 21.3. The minimum Gasteiger partial charge on any atom is -0.356 e. The second-order valence-electron chi connectivity index (χ2n) is 5.17. The number of carbonyl (C=O) groups excluding carboxylic acids is 1. The van der Waals surface area contributed by atoms with E-state index in [4.69, 9.17) is 17.3 Å². The van der Waals surface area contributed by atoms with Gasteiger partial charge in [-0.15, -0.1) is 12.4 Å². The summed E-state index contributed by atoms with van der Waals surface area (Å²) < 4.78 is 0. The lowest BCUT2D eigenvalue weighted by Gasteiger charge is -2.17. The van der Waals surface area contributed by atoms with Gasteiger partial charge in [0.15, 0.2) is 0 Å². The fourth-order valence-electron chi connectivity index (χ4n) is 2.82. The molecular weight excluding hydrogens is 295 g/mol. The molecule has 112 valence electrons. The van der Waals surface area contributed by atoms with E-state index in [0.717, 1.165) is 36.3 Å². The van der Waals surface area contributed by atoms with Gasteiger partial charge in [-0.3, -0.25) is 4.79 Å². The summed E-state index contributed by atoms with van der Waals surface area (Å²) in [7, 11) is 0. The van der Waals surface area contributed by atoms with Crippen LogP contribution in [0.15, 0.2) is 24.3 Å². The number of amides is 1. The first-order valence-electron chi connectivity index (χ1n) is 6.93. The highest BCUT2D eigenvalue weighted by Gasteiger charge is 2.31. The zero-order valence-electron chi connectivity index (χ0n) is 11.5. The third-order valence-electron chi connectivity index (χ3n) is 3.95. The van der Waals surface area contributed by atoms with Crippen LogP contribution in [0.4, 0.5) is 0 Å². The molecule has 1 aliphatic carbocycles. The zero-order chi connectivity index (χ0) is 13.7. The van der Waals surface area contributed by atoms with E-state index in [1.165, 1.54) is 0 Å². The average Bonchev–Trinajstić information content (AvgIpc) is 2.89. The number of halogens is 2. The summed E-state index contributed by atoms with van der Waals surface area (Å²) in [6.07, 6.45) is 3.94. The molecule has 2 rings (SSSR count). The number of carbonyl (C=O) groups is 1. The van der Waals surface area contributed by atoms with Crippen LogP contribution in [0.1, 0.15) is 24.8 Å². The molecule has 1 fully saturated rings. The highest BCUT2D eigenvalue weighted by Crippen LogP contribution is 2.30. The third kappa shape index (κ3) is 4.37. The molecule has 0 aromatic heterocycles. The number of hydrogen-bond donors (Lipinski definition) is 2. The van der Waals surface area contributed by atoms with E-state index in [9.17, 15) is 4.79 Å². The number of nitrogens with one attached hydrogen (secondary N) is 1. The Balaban J connectivity index is 0.00000200. The van der Waals surface area contributed by atoms with Gasteiger partial charge in [0.05, 0.1) is 0 Å². The van der Waals surface area contributed by atoms with Gasteiger partial charge in [-0.2, -0.15) is 0 Å². The lowest BCUT2D eigenvalue weighted by molar-refractivity contribution is -0.125. The first-order chi connectivity index (χ1) is 9.22. The van der Waals surface area contributed by atoms with Crippen molar-refractivity contribution in [1.82, 2.24) is 5.32 Å². The van der Waals surface area contributed by atoms with Gasteiger partial charge in [-0.05, 0) is 43.4 Å². The smallest absolute Gasteiger partial charge is 0.223 e. The van der Waals surface area contributed by atoms with E-state index in [2.05, 4.69) is 5.32 Å². The van der Waals surface area contributed by atoms with Crippen molar-refractivity contribution in [2.24, 2.45) is 17.6 Å². The molecule has 0 heterocycles. The second kappa shape index (κ2) is 8.50. The topological polar surface area (TPSA) is 55.1 Å². The Morgan fingerprint density at radius 3 is 2.80 bits per heavy atom. The Hall–Kier alpha value is -0.770. The molecule has 1 amide bonds. The van der Waals surface area contributed by atoms with E-state index < -0.39 is 0 Å². The number of nitrogens with two attached hydrogens (primary N) is 1. The molecule has 1 aromatic rings. The highest BCUT2D eigenvalue weighted by molar-refractivity contribution is 6.31. The predicted molar refractivity (Wildman–Crippen MR) is 85.3 cm³/mol. The third-order valence-corrected chi connectivity index (χ3v) is 4.32. The lowest BCUT2D eigenvalue weighted by atomic mass is 9.95. The Kier molecular flexibility index (Phi) is 7.35. The summed E-state index contributed by atoms with van der Waals surface area (Å²) in [5, 5.41) is 3.77. The van der Waals surface area contributed by atoms with Crippen molar-refractivity contribution >= 4 is 29.9 Å². The van der Waals surface area contributed by atoms with Crippen molar-refractivity contribution in [1.29, 1.82) is 0 Å². The summed E-state index contributed by atoms with van der Waals surface area (Å²) in [6, 6.07) is 7.74. The molecule has 0 spiro atoms. The molecule has 1 aromatic carbocycles. The van der Waals surface area contributed by atoms with Gasteiger partial charge in [0, 0.05) is 17.5 Å². The lowest BCUT2D eigenvalue weighted by Crippen LogP contribution is -2.36. The van der Waals surface area contributed by atoms with Crippen LogP contribution in [-0.2, 0) is 11.2 Å². The van der Waals surface area contributed by atoms with Crippen molar-refractivity contribution in [2.75, 3.05) is 13.1 Å². The number of benzene rings is 1. The van der Waals surface area contributed by atoms with E-state index in [1.807, 2.05) is 24.3 Å². The van der Waals surface area contributed by atoms with Gasteiger partial charge in [0.2, 0.25) is 5.91 Å². The van der Waals surface area contributed by atoms with E-state index in [-0.39, 0.29) is 24.2 Å². The second-order valence-corrected chi connectivity index (χ2v) is 5.57. The Labute approximate surface area is 131 Å². The van der Waals surface area contributed by atoms with E-state index in [1.54, 1.807) is 0 Å². The summed E-state index contributed by atoms with van der Waals surface area (Å²) >= 11 is 6.08. The standard InChI is InChI=1S/C15H21ClN2O.ClH/c16-14-7-2-1-4-11(14)8-9-18-15(19)13-6-3-5-12(13)10-17;/h1-2,4,7,12-13H,3,5-6,8-10,17H2,(H,18,19);1H/t12-,13-;/m1./s1. The van der Waals surface area contributed by atoms with Crippen LogP contribution in [0.25, 0.3) is 0 Å². The number of rotatable bonds is 5. The summed E-state index contributed by atoms with van der Waals surface area (Å²) in [6.45, 7) is 1.25. The van der Waals surface area contributed by atoms with Crippen LogP contribution in [0.5, 0.6) is 0 Å². The van der Waals surface area contributed by atoms with Crippen molar-refractivity contribution in [2.45, 2.75) is 25.7 Å². The highest BCUT2D eigenvalue weighted by atomic mass is 35.5. The SMILES string of the molecule is Cl.NC[C@H]1CCC[C@H]1C(=O)NCCc1ccccc1Cl. The van der Waals surface area contributed by atoms with Gasteiger partial charge in [-0.1, -0.05) is 36.2 Å². The minimum absolute atomic E-state index is 0. The molecule has 0 radical (unpaired) electrons. The Morgan fingerprint density at radius 2 is 2.10 bits per heavy atom. The van der Waals surface area contributed by atoms with Gasteiger partial charge in [0.25, 0.3) is 0 Å². The maximum absolute atomic E-state index is 12.1. The van der Waals surface area contributed by atoms with Crippen molar-refractivity contribution in [3.8, 4) is 0 Å². The molecular formula is C15H22Cl2N2O. The molecule has 2 atom stereocenters. The fraction of sp³-hybridized carbons (Fsp3) is 0.533. The molecule has 3 nitrogen and oxygen atoms in total. The van der Waals surface area contributed by atoms with Crippen LogP contribution in [-0.4, -0.2) is 19.0 Å². The summed E-state index contributed by atoms with van der Waals surface area (Å²) in [5.41, 5.74) is 6.78. The molecule has 1 saturated carbocycles. The quantitative estimate of drug-likeness (QED) is 0.877. The summed E-state index contributed by atoms with van der Waals surface area (Å²) in [5.74, 6) is 0.622. The maximum Gasteiger partial charge on any atom is 0.223 e. The minimum atomic E-state index is 0. The molecule has 0 unspecified atom stereocenters. The van der Waals surface area contributed by atoms with E-state index >= 15 is 0 Å². The zero-order valence-corrected chi connectivity index (χ0v) is 13.1. The van der Waals surface area contributed by atoms with Crippen molar-refractivity contribution in [3.05, 3.63) is 34.9 Å². The number of hydrogen-bond acceptors (Lipinski definition) is 2. The predicted octanol–water partition coefficient (Wildman–Crippen LogP) is 2.80.